The molecule has 0 bridgehead atoms. The summed E-state index contributed by atoms with van der Waals surface area (Å²) in [5, 5.41) is 3.29. The summed E-state index contributed by atoms with van der Waals surface area (Å²) in [7, 11) is 1.52. The molecule has 16 heavy (non-hydrogen) atoms. The lowest BCUT2D eigenvalue weighted by atomic mass is 9.89. The van der Waals surface area contributed by atoms with Gasteiger partial charge in [0.05, 0.1) is 7.11 Å². The van der Waals surface area contributed by atoms with E-state index in [0.717, 1.165) is 37.1 Å². The van der Waals surface area contributed by atoms with Crippen molar-refractivity contribution in [3.05, 3.63) is 29.1 Å². The van der Waals surface area contributed by atoms with Gasteiger partial charge in [0.1, 0.15) is 0 Å². The number of rotatable bonds is 2. The Morgan fingerprint density at radius 1 is 1.31 bits per heavy atom. The van der Waals surface area contributed by atoms with Crippen LogP contribution in [0.25, 0.3) is 0 Å². The second kappa shape index (κ2) is 4.83. The molecule has 2 nitrogen and oxygen atoms in total. The fourth-order valence-electron chi connectivity index (χ4n) is 2.34. The monoisotopic (exact) mass is 223 g/mol. The molecule has 0 radical (unpaired) electrons. The maximum atomic E-state index is 14.1. The highest BCUT2D eigenvalue weighted by Crippen LogP contribution is 2.32. The molecular formula is C13H18FNO. The van der Waals surface area contributed by atoms with Crippen molar-refractivity contribution in [2.45, 2.75) is 25.7 Å². The third-order valence-electron chi connectivity index (χ3n) is 3.21. The summed E-state index contributed by atoms with van der Waals surface area (Å²) in [5.41, 5.74) is 1.88. The molecule has 1 aliphatic rings. The van der Waals surface area contributed by atoms with Crippen LogP contribution in [0.2, 0.25) is 0 Å². The Morgan fingerprint density at radius 3 is 2.62 bits per heavy atom. The average Bonchev–Trinajstić information content (AvgIpc) is 2.33. The highest BCUT2D eigenvalue weighted by Gasteiger charge is 2.21. The molecular weight excluding hydrogens is 205 g/mol. The van der Waals surface area contributed by atoms with Crippen LogP contribution >= 0.6 is 0 Å². The number of halogens is 1. The van der Waals surface area contributed by atoms with Crippen LogP contribution in [0.1, 0.15) is 29.9 Å². The second-order valence-electron chi connectivity index (χ2n) is 4.39. The fraction of sp³-hybridized carbons (Fsp3) is 0.538. The molecule has 0 atom stereocenters. The lowest BCUT2D eigenvalue weighted by Gasteiger charge is -2.24. The summed E-state index contributed by atoms with van der Waals surface area (Å²) in [6, 6.07) is 3.70. The average molecular weight is 223 g/mol. The minimum atomic E-state index is -0.181. The van der Waals surface area contributed by atoms with Gasteiger partial charge in [-0.2, -0.15) is 0 Å². The Balaban J connectivity index is 2.34. The van der Waals surface area contributed by atoms with Crippen molar-refractivity contribution >= 4 is 0 Å². The van der Waals surface area contributed by atoms with Gasteiger partial charge in [-0.05, 0) is 56.0 Å². The largest absolute Gasteiger partial charge is 0.494 e. The molecule has 0 aromatic heterocycles. The first-order valence-electron chi connectivity index (χ1n) is 5.77. The number of benzene rings is 1. The van der Waals surface area contributed by atoms with Gasteiger partial charge in [-0.1, -0.05) is 6.07 Å². The van der Waals surface area contributed by atoms with E-state index < -0.39 is 0 Å². The number of ether oxygens (including phenoxy) is 1. The van der Waals surface area contributed by atoms with Crippen molar-refractivity contribution in [2.75, 3.05) is 20.2 Å². The molecule has 1 N–H and O–H groups in total. The van der Waals surface area contributed by atoms with Gasteiger partial charge in [-0.15, -0.1) is 0 Å². The van der Waals surface area contributed by atoms with Crippen molar-refractivity contribution in [2.24, 2.45) is 0 Å². The van der Waals surface area contributed by atoms with E-state index in [0.29, 0.717) is 11.7 Å². The predicted octanol–water partition coefficient (Wildman–Crippen LogP) is 2.61. The van der Waals surface area contributed by atoms with E-state index in [4.69, 9.17) is 4.74 Å². The minimum absolute atomic E-state index is 0.181. The summed E-state index contributed by atoms with van der Waals surface area (Å²) >= 11 is 0. The number of aryl methyl sites for hydroxylation is 1. The zero-order valence-electron chi connectivity index (χ0n) is 9.85. The molecule has 3 heteroatoms. The van der Waals surface area contributed by atoms with Crippen molar-refractivity contribution in [3.8, 4) is 5.75 Å². The van der Waals surface area contributed by atoms with Gasteiger partial charge >= 0.3 is 0 Å². The first-order valence-corrected chi connectivity index (χ1v) is 5.77. The van der Waals surface area contributed by atoms with E-state index in [-0.39, 0.29) is 5.82 Å². The van der Waals surface area contributed by atoms with Gasteiger partial charge in [0.2, 0.25) is 0 Å². The van der Waals surface area contributed by atoms with Gasteiger partial charge in [-0.25, -0.2) is 4.39 Å². The highest BCUT2D eigenvalue weighted by atomic mass is 19.1. The molecule has 1 aromatic rings. The Kier molecular flexibility index (Phi) is 3.44. The van der Waals surface area contributed by atoms with E-state index in [2.05, 4.69) is 5.32 Å². The van der Waals surface area contributed by atoms with Crippen LogP contribution in [0.3, 0.4) is 0 Å². The molecule has 1 aromatic carbocycles. The maximum Gasteiger partial charge on any atom is 0.168 e. The minimum Gasteiger partial charge on any atom is -0.494 e. The van der Waals surface area contributed by atoms with E-state index in [1.807, 2.05) is 13.0 Å². The third kappa shape index (κ3) is 2.19. The van der Waals surface area contributed by atoms with E-state index in [1.54, 1.807) is 6.07 Å². The smallest absolute Gasteiger partial charge is 0.168 e. The van der Waals surface area contributed by atoms with Gasteiger partial charge in [-0.3, -0.25) is 0 Å². The fourth-order valence-corrected chi connectivity index (χ4v) is 2.34. The number of hydrogen-bond donors (Lipinski definition) is 1. The Hall–Kier alpha value is -1.09. The SMILES string of the molecule is COc1cc(C)cc(C2CCNCC2)c1F. The van der Waals surface area contributed by atoms with Crippen LogP contribution in [-0.2, 0) is 0 Å². The van der Waals surface area contributed by atoms with E-state index in [1.165, 1.54) is 7.11 Å². The summed E-state index contributed by atoms with van der Waals surface area (Å²) in [5.74, 6) is 0.517. The quantitative estimate of drug-likeness (QED) is 0.832. The molecule has 1 saturated heterocycles. The Morgan fingerprint density at radius 2 is 2.00 bits per heavy atom. The summed E-state index contributed by atoms with van der Waals surface area (Å²) in [6.07, 6.45) is 2.01. The van der Waals surface area contributed by atoms with E-state index in [9.17, 15) is 4.39 Å². The summed E-state index contributed by atoms with van der Waals surface area (Å²) in [4.78, 5) is 0. The number of hydrogen-bond acceptors (Lipinski definition) is 2. The first kappa shape index (κ1) is 11.4. The Bertz CT molecular complexity index is 372. The zero-order chi connectivity index (χ0) is 11.5. The van der Waals surface area contributed by atoms with Crippen molar-refractivity contribution in [1.29, 1.82) is 0 Å². The van der Waals surface area contributed by atoms with Gasteiger partial charge < -0.3 is 10.1 Å². The molecule has 0 amide bonds. The lowest BCUT2D eigenvalue weighted by molar-refractivity contribution is 0.376. The van der Waals surface area contributed by atoms with Crippen molar-refractivity contribution in [3.63, 3.8) is 0 Å². The van der Waals surface area contributed by atoms with Crippen LogP contribution in [0.5, 0.6) is 5.75 Å². The maximum absolute atomic E-state index is 14.1. The lowest BCUT2D eigenvalue weighted by Crippen LogP contribution is -2.27. The molecule has 2 rings (SSSR count). The topological polar surface area (TPSA) is 21.3 Å². The predicted molar refractivity (Wildman–Crippen MR) is 62.5 cm³/mol. The molecule has 1 heterocycles. The van der Waals surface area contributed by atoms with Crippen molar-refractivity contribution < 1.29 is 9.13 Å². The Labute approximate surface area is 95.8 Å². The first-order chi connectivity index (χ1) is 7.72. The number of nitrogens with one attached hydrogen (secondary N) is 1. The summed E-state index contributed by atoms with van der Waals surface area (Å²) < 4.78 is 19.2. The van der Waals surface area contributed by atoms with Gasteiger partial charge in [0, 0.05) is 0 Å². The molecule has 0 saturated carbocycles. The van der Waals surface area contributed by atoms with Crippen LogP contribution in [0, 0.1) is 12.7 Å². The molecule has 0 unspecified atom stereocenters. The van der Waals surface area contributed by atoms with Crippen LogP contribution in [-0.4, -0.2) is 20.2 Å². The zero-order valence-corrected chi connectivity index (χ0v) is 9.85. The van der Waals surface area contributed by atoms with Crippen molar-refractivity contribution in [1.82, 2.24) is 5.32 Å². The van der Waals surface area contributed by atoms with Crippen LogP contribution in [0.4, 0.5) is 4.39 Å². The third-order valence-corrected chi connectivity index (χ3v) is 3.21. The number of methoxy groups -OCH3 is 1. The van der Waals surface area contributed by atoms with Gasteiger partial charge in [0.25, 0.3) is 0 Å². The molecule has 88 valence electrons. The highest BCUT2D eigenvalue weighted by molar-refractivity contribution is 5.38. The molecule has 0 spiro atoms. The normalized spacial score (nSPS) is 17.4. The van der Waals surface area contributed by atoms with Crippen LogP contribution < -0.4 is 10.1 Å². The standard InChI is InChI=1S/C13H18FNO/c1-9-7-11(10-3-5-15-6-4-10)13(14)12(8-9)16-2/h7-8,10,15H,3-6H2,1-2H3. The number of piperidine rings is 1. The van der Waals surface area contributed by atoms with E-state index >= 15 is 0 Å². The second-order valence-corrected chi connectivity index (χ2v) is 4.39. The summed E-state index contributed by atoms with van der Waals surface area (Å²) in [6.45, 7) is 3.92. The van der Waals surface area contributed by atoms with Crippen LogP contribution in [0.15, 0.2) is 12.1 Å². The molecule has 1 fully saturated rings. The molecule has 0 aliphatic carbocycles. The molecule has 1 aliphatic heterocycles. The van der Waals surface area contributed by atoms with Gasteiger partial charge in [0.15, 0.2) is 11.6 Å².